The Bertz CT molecular complexity index is 665. The molecule has 0 aromatic carbocycles. The highest BCUT2D eigenvalue weighted by molar-refractivity contribution is 5.92. The first-order valence-corrected chi connectivity index (χ1v) is 6.38. The van der Waals surface area contributed by atoms with Crippen LogP contribution in [0.2, 0.25) is 0 Å². The van der Waals surface area contributed by atoms with Crippen molar-refractivity contribution in [3.8, 4) is 17.6 Å². The molecular formula is C15H15N3O3. The Morgan fingerprint density at radius 3 is 2.90 bits per heavy atom. The summed E-state index contributed by atoms with van der Waals surface area (Å²) in [6.45, 7) is 4.09. The van der Waals surface area contributed by atoms with Crippen LogP contribution in [0.25, 0.3) is 0 Å². The van der Waals surface area contributed by atoms with Crippen LogP contribution < -0.4 is 10.1 Å². The molecule has 0 bridgehead atoms. The second-order valence-electron chi connectivity index (χ2n) is 4.28. The van der Waals surface area contributed by atoms with Crippen LogP contribution in [0.5, 0.6) is 5.75 Å². The fourth-order valence-electron chi connectivity index (χ4n) is 1.46. The molecule has 2 aromatic heterocycles. The summed E-state index contributed by atoms with van der Waals surface area (Å²) in [6.07, 6.45) is 1.64. The molecular weight excluding hydrogens is 270 g/mol. The van der Waals surface area contributed by atoms with E-state index < -0.39 is 0 Å². The van der Waals surface area contributed by atoms with Crippen molar-refractivity contribution in [1.82, 2.24) is 15.5 Å². The fraction of sp³-hybridized carbons (Fsp3) is 0.267. The summed E-state index contributed by atoms with van der Waals surface area (Å²) < 4.78 is 10.2. The van der Waals surface area contributed by atoms with Gasteiger partial charge in [0.1, 0.15) is 18.1 Å². The molecule has 0 aliphatic heterocycles. The van der Waals surface area contributed by atoms with Crippen LogP contribution in [0, 0.1) is 25.7 Å². The topological polar surface area (TPSA) is 77.2 Å². The number of nitrogens with zero attached hydrogens (tertiary/aromatic N) is 2. The van der Waals surface area contributed by atoms with Crippen molar-refractivity contribution >= 4 is 5.91 Å². The van der Waals surface area contributed by atoms with Crippen LogP contribution >= 0.6 is 0 Å². The zero-order chi connectivity index (χ0) is 15.1. The van der Waals surface area contributed by atoms with Crippen LogP contribution in [0.4, 0.5) is 0 Å². The highest BCUT2D eigenvalue weighted by atomic mass is 16.5. The Hall–Kier alpha value is -2.81. The number of amides is 1. The van der Waals surface area contributed by atoms with Gasteiger partial charge in [-0.25, -0.2) is 0 Å². The summed E-state index contributed by atoms with van der Waals surface area (Å²) in [4.78, 5) is 15.7. The normalized spacial score (nSPS) is 9.62. The largest absolute Gasteiger partial charge is 0.479 e. The van der Waals surface area contributed by atoms with E-state index >= 15 is 0 Å². The van der Waals surface area contributed by atoms with Crippen molar-refractivity contribution in [3.05, 3.63) is 41.5 Å². The lowest BCUT2D eigenvalue weighted by Crippen LogP contribution is -2.23. The molecule has 2 aromatic rings. The lowest BCUT2D eigenvalue weighted by molar-refractivity contribution is 0.0949. The second kappa shape index (κ2) is 7.10. The molecule has 108 valence electrons. The highest BCUT2D eigenvalue weighted by Gasteiger charge is 2.08. The Labute approximate surface area is 122 Å². The number of carbonyl (C=O) groups is 1. The molecule has 0 radical (unpaired) electrons. The van der Waals surface area contributed by atoms with Crippen LogP contribution in [-0.2, 0) is 0 Å². The first-order valence-electron chi connectivity index (χ1n) is 6.38. The molecule has 2 rings (SSSR count). The van der Waals surface area contributed by atoms with Gasteiger partial charge in [-0.15, -0.1) is 0 Å². The number of carbonyl (C=O) groups excluding carboxylic acids is 1. The van der Waals surface area contributed by atoms with Crippen LogP contribution in [0.1, 0.15) is 21.9 Å². The van der Waals surface area contributed by atoms with E-state index in [0.717, 1.165) is 5.69 Å². The van der Waals surface area contributed by atoms with Gasteiger partial charge in [-0.05, 0) is 26.0 Å². The van der Waals surface area contributed by atoms with E-state index in [9.17, 15) is 4.79 Å². The average molecular weight is 285 g/mol. The zero-order valence-corrected chi connectivity index (χ0v) is 11.8. The molecule has 0 unspecified atom stereocenters. The minimum Gasteiger partial charge on any atom is -0.479 e. The molecule has 6 nitrogen and oxygen atoms in total. The predicted octanol–water partition coefficient (Wildman–Crippen LogP) is 1.50. The fourth-order valence-corrected chi connectivity index (χ4v) is 1.46. The molecule has 21 heavy (non-hydrogen) atoms. The van der Waals surface area contributed by atoms with Gasteiger partial charge >= 0.3 is 0 Å². The van der Waals surface area contributed by atoms with E-state index in [-0.39, 0.29) is 24.8 Å². The highest BCUT2D eigenvalue weighted by Crippen LogP contribution is 2.07. The SMILES string of the molecule is Cc1ccc(OCC#CCNC(=O)c2cc(C)on2)cn1. The van der Waals surface area contributed by atoms with E-state index in [2.05, 4.69) is 27.3 Å². The number of pyridine rings is 1. The second-order valence-corrected chi connectivity index (χ2v) is 4.28. The van der Waals surface area contributed by atoms with Gasteiger partial charge in [-0.1, -0.05) is 17.0 Å². The average Bonchev–Trinajstić information content (AvgIpc) is 2.91. The first kappa shape index (κ1) is 14.6. The monoisotopic (exact) mass is 285 g/mol. The van der Waals surface area contributed by atoms with Gasteiger partial charge in [0.25, 0.3) is 5.91 Å². The zero-order valence-electron chi connectivity index (χ0n) is 11.8. The summed E-state index contributed by atoms with van der Waals surface area (Å²) in [5.41, 5.74) is 1.18. The van der Waals surface area contributed by atoms with Gasteiger partial charge in [0.05, 0.1) is 12.7 Å². The molecule has 0 aliphatic carbocycles. The van der Waals surface area contributed by atoms with Crippen molar-refractivity contribution in [1.29, 1.82) is 0 Å². The number of ether oxygens (including phenoxy) is 1. The lowest BCUT2D eigenvalue weighted by atomic mass is 10.3. The summed E-state index contributed by atoms with van der Waals surface area (Å²) in [5.74, 6) is 6.53. The molecule has 2 heterocycles. The van der Waals surface area contributed by atoms with Gasteiger partial charge in [-0.3, -0.25) is 9.78 Å². The van der Waals surface area contributed by atoms with Crippen molar-refractivity contribution in [2.75, 3.05) is 13.2 Å². The Kier molecular flexibility index (Phi) is 4.94. The maximum atomic E-state index is 11.6. The van der Waals surface area contributed by atoms with Gasteiger partial charge in [0.2, 0.25) is 0 Å². The maximum Gasteiger partial charge on any atom is 0.274 e. The number of aromatic nitrogens is 2. The van der Waals surface area contributed by atoms with Crippen molar-refractivity contribution in [2.24, 2.45) is 0 Å². The van der Waals surface area contributed by atoms with E-state index in [0.29, 0.717) is 11.5 Å². The number of hydrogen-bond donors (Lipinski definition) is 1. The van der Waals surface area contributed by atoms with Gasteiger partial charge in [0.15, 0.2) is 5.69 Å². The molecule has 0 aliphatic rings. The number of aryl methyl sites for hydroxylation is 2. The minimum absolute atomic E-state index is 0.222. The van der Waals surface area contributed by atoms with Crippen LogP contribution in [-0.4, -0.2) is 29.2 Å². The van der Waals surface area contributed by atoms with Gasteiger partial charge in [-0.2, -0.15) is 0 Å². The van der Waals surface area contributed by atoms with E-state index in [1.807, 2.05) is 19.1 Å². The first-order chi connectivity index (χ1) is 10.1. The third kappa shape index (κ3) is 4.66. The van der Waals surface area contributed by atoms with Crippen molar-refractivity contribution in [3.63, 3.8) is 0 Å². The number of nitrogens with one attached hydrogen (secondary N) is 1. The molecule has 0 fully saturated rings. The van der Waals surface area contributed by atoms with Crippen molar-refractivity contribution < 1.29 is 14.1 Å². The molecule has 0 spiro atoms. The van der Waals surface area contributed by atoms with Gasteiger partial charge in [0, 0.05) is 11.8 Å². The summed E-state index contributed by atoms with van der Waals surface area (Å²) in [7, 11) is 0. The van der Waals surface area contributed by atoms with Crippen LogP contribution in [0.3, 0.4) is 0 Å². The molecule has 6 heteroatoms. The molecule has 1 N–H and O–H groups in total. The minimum atomic E-state index is -0.315. The van der Waals surface area contributed by atoms with Gasteiger partial charge < -0.3 is 14.6 Å². The third-order valence-corrected chi connectivity index (χ3v) is 2.52. The maximum absolute atomic E-state index is 11.6. The Morgan fingerprint density at radius 2 is 2.24 bits per heavy atom. The quantitative estimate of drug-likeness (QED) is 0.861. The van der Waals surface area contributed by atoms with E-state index in [4.69, 9.17) is 9.26 Å². The lowest BCUT2D eigenvalue weighted by Gasteiger charge is -2.00. The number of rotatable bonds is 4. The predicted molar refractivity (Wildman–Crippen MR) is 75.8 cm³/mol. The summed E-state index contributed by atoms with van der Waals surface area (Å²) in [6, 6.07) is 5.26. The summed E-state index contributed by atoms with van der Waals surface area (Å²) >= 11 is 0. The van der Waals surface area contributed by atoms with Crippen LogP contribution in [0.15, 0.2) is 28.9 Å². The smallest absolute Gasteiger partial charge is 0.274 e. The standard InChI is InChI=1S/C15H15N3O3/c1-11-5-6-13(10-17-11)20-8-4-3-7-16-15(19)14-9-12(2)21-18-14/h5-6,9-10H,7-8H2,1-2H3,(H,16,19). The number of hydrogen-bond acceptors (Lipinski definition) is 5. The molecule has 0 atom stereocenters. The Morgan fingerprint density at radius 1 is 1.38 bits per heavy atom. The van der Waals surface area contributed by atoms with Crippen molar-refractivity contribution in [2.45, 2.75) is 13.8 Å². The van der Waals surface area contributed by atoms with E-state index in [1.165, 1.54) is 0 Å². The molecule has 1 amide bonds. The molecule has 0 saturated carbocycles. The Balaban J connectivity index is 1.69. The van der Waals surface area contributed by atoms with E-state index in [1.54, 1.807) is 19.2 Å². The third-order valence-electron chi connectivity index (χ3n) is 2.52. The summed E-state index contributed by atoms with van der Waals surface area (Å²) in [5, 5.41) is 6.23. The molecule has 0 saturated heterocycles.